The van der Waals surface area contributed by atoms with E-state index in [0.717, 1.165) is 32.7 Å². The van der Waals surface area contributed by atoms with Crippen molar-refractivity contribution < 1.29 is 4.79 Å². The van der Waals surface area contributed by atoms with Crippen molar-refractivity contribution in [3.05, 3.63) is 84.4 Å². The summed E-state index contributed by atoms with van der Waals surface area (Å²) in [6.45, 7) is 0. The number of rotatable bonds is 2. The molecule has 110 valence electrons. The minimum absolute atomic E-state index is 0.398. The molecule has 0 aliphatic heterocycles. The number of fused-ring (bicyclic) bond motifs is 2. The van der Waals surface area contributed by atoms with Gasteiger partial charge < -0.3 is 5.73 Å². The molecular formula is C21H15NO. The number of carbonyl (C=O) groups is 1. The van der Waals surface area contributed by atoms with Crippen molar-refractivity contribution in [2.75, 3.05) is 0 Å². The molecule has 1 amide bonds. The third-order valence-electron chi connectivity index (χ3n) is 4.22. The molecule has 0 bridgehead atoms. The summed E-state index contributed by atoms with van der Waals surface area (Å²) in [5.41, 5.74) is 8.18. The maximum absolute atomic E-state index is 12.2. The Labute approximate surface area is 134 Å². The van der Waals surface area contributed by atoms with E-state index in [2.05, 4.69) is 30.3 Å². The molecule has 2 nitrogen and oxygen atoms in total. The van der Waals surface area contributed by atoms with Gasteiger partial charge in [-0.1, -0.05) is 66.7 Å². The summed E-state index contributed by atoms with van der Waals surface area (Å²) in [4.78, 5) is 12.2. The molecule has 0 unspecified atom stereocenters. The van der Waals surface area contributed by atoms with Gasteiger partial charge in [0.1, 0.15) is 0 Å². The molecule has 23 heavy (non-hydrogen) atoms. The van der Waals surface area contributed by atoms with Crippen molar-refractivity contribution in [2.45, 2.75) is 0 Å². The van der Waals surface area contributed by atoms with Crippen LogP contribution in [0.2, 0.25) is 0 Å². The molecule has 4 aromatic carbocycles. The van der Waals surface area contributed by atoms with Gasteiger partial charge in [-0.25, -0.2) is 0 Å². The van der Waals surface area contributed by atoms with Gasteiger partial charge in [0, 0.05) is 0 Å². The Morgan fingerprint density at radius 1 is 0.696 bits per heavy atom. The van der Waals surface area contributed by atoms with Gasteiger partial charge in [0.15, 0.2) is 0 Å². The van der Waals surface area contributed by atoms with Crippen LogP contribution in [0.4, 0.5) is 0 Å². The van der Waals surface area contributed by atoms with Crippen LogP contribution in [-0.2, 0) is 0 Å². The maximum atomic E-state index is 12.2. The second-order valence-electron chi connectivity index (χ2n) is 5.64. The first-order valence-electron chi connectivity index (χ1n) is 7.55. The van der Waals surface area contributed by atoms with E-state index in [1.165, 1.54) is 0 Å². The van der Waals surface area contributed by atoms with E-state index < -0.39 is 5.91 Å². The lowest BCUT2D eigenvalue weighted by Crippen LogP contribution is -2.13. The second-order valence-corrected chi connectivity index (χ2v) is 5.64. The van der Waals surface area contributed by atoms with Crippen molar-refractivity contribution >= 4 is 27.5 Å². The quantitative estimate of drug-likeness (QED) is 0.533. The second kappa shape index (κ2) is 5.25. The highest BCUT2D eigenvalue weighted by atomic mass is 16.1. The van der Waals surface area contributed by atoms with E-state index in [1.54, 1.807) is 0 Å². The zero-order valence-electron chi connectivity index (χ0n) is 12.5. The lowest BCUT2D eigenvalue weighted by molar-refractivity contribution is 0.100. The maximum Gasteiger partial charge on any atom is 0.249 e. The fraction of sp³-hybridized carbons (Fsp3) is 0. The molecule has 0 fully saturated rings. The molecule has 2 N–H and O–H groups in total. The molecule has 0 aliphatic carbocycles. The van der Waals surface area contributed by atoms with Crippen LogP contribution in [0.5, 0.6) is 0 Å². The highest BCUT2D eigenvalue weighted by molar-refractivity contribution is 6.14. The molecule has 0 heterocycles. The molecule has 4 rings (SSSR count). The number of hydrogen-bond donors (Lipinski definition) is 1. The molecule has 0 saturated carbocycles. The highest BCUT2D eigenvalue weighted by Crippen LogP contribution is 2.32. The Morgan fingerprint density at radius 3 is 2.04 bits per heavy atom. The number of hydrogen-bond acceptors (Lipinski definition) is 1. The standard InChI is InChI=1S/C21H15NO/c22-21(23)20-18(14-6-2-1-3-7-14)11-10-17-12-15-8-4-5-9-16(15)13-19(17)20/h1-13H,(H2,22,23). The van der Waals surface area contributed by atoms with Crippen LogP contribution >= 0.6 is 0 Å². The van der Waals surface area contributed by atoms with E-state index in [1.807, 2.05) is 48.5 Å². The van der Waals surface area contributed by atoms with Crippen LogP contribution in [0.1, 0.15) is 10.4 Å². The molecule has 4 aromatic rings. The SMILES string of the molecule is NC(=O)c1c(-c2ccccc2)ccc2cc3ccccc3cc12. The van der Waals surface area contributed by atoms with Crippen LogP contribution < -0.4 is 5.73 Å². The largest absolute Gasteiger partial charge is 0.366 e. The van der Waals surface area contributed by atoms with Gasteiger partial charge in [-0.2, -0.15) is 0 Å². The number of carbonyl (C=O) groups excluding carboxylic acids is 1. The average molecular weight is 297 g/mol. The number of benzene rings is 4. The number of primary amides is 1. The first-order valence-corrected chi connectivity index (χ1v) is 7.55. The van der Waals surface area contributed by atoms with E-state index in [4.69, 9.17) is 5.73 Å². The van der Waals surface area contributed by atoms with E-state index in [0.29, 0.717) is 5.56 Å². The van der Waals surface area contributed by atoms with Crippen molar-refractivity contribution in [1.29, 1.82) is 0 Å². The zero-order chi connectivity index (χ0) is 15.8. The molecule has 0 atom stereocenters. The van der Waals surface area contributed by atoms with Crippen molar-refractivity contribution in [1.82, 2.24) is 0 Å². The molecule has 0 saturated heterocycles. The normalized spacial score (nSPS) is 11.0. The molecule has 0 aromatic heterocycles. The molecule has 0 aliphatic rings. The van der Waals surface area contributed by atoms with Crippen molar-refractivity contribution in [3.63, 3.8) is 0 Å². The fourth-order valence-electron chi connectivity index (χ4n) is 3.14. The minimum atomic E-state index is -0.398. The van der Waals surface area contributed by atoms with Gasteiger partial charge in [0.2, 0.25) is 5.91 Å². The topological polar surface area (TPSA) is 43.1 Å². The van der Waals surface area contributed by atoms with E-state index in [-0.39, 0.29) is 0 Å². The van der Waals surface area contributed by atoms with Crippen LogP contribution in [0.15, 0.2) is 78.9 Å². The van der Waals surface area contributed by atoms with Gasteiger partial charge in [0.05, 0.1) is 5.56 Å². The number of amides is 1. The predicted molar refractivity (Wildman–Crippen MR) is 95.4 cm³/mol. The lowest BCUT2D eigenvalue weighted by Gasteiger charge is -2.12. The third-order valence-corrected chi connectivity index (χ3v) is 4.22. The van der Waals surface area contributed by atoms with Gasteiger partial charge >= 0.3 is 0 Å². The Balaban J connectivity index is 2.11. The highest BCUT2D eigenvalue weighted by Gasteiger charge is 2.14. The lowest BCUT2D eigenvalue weighted by atomic mass is 9.92. The summed E-state index contributed by atoms with van der Waals surface area (Å²) < 4.78 is 0. The van der Waals surface area contributed by atoms with Crippen LogP contribution in [-0.4, -0.2) is 5.91 Å². The average Bonchev–Trinajstić information content (AvgIpc) is 2.59. The van der Waals surface area contributed by atoms with Crippen LogP contribution in [0.3, 0.4) is 0 Å². The molecule has 0 spiro atoms. The monoisotopic (exact) mass is 297 g/mol. The third kappa shape index (κ3) is 2.25. The fourth-order valence-corrected chi connectivity index (χ4v) is 3.14. The summed E-state index contributed by atoms with van der Waals surface area (Å²) in [5.74, 6) is -0.398. The first kappa shape index (κ1) is 13.5. The van der Waals surface area contributed by atoms with Crippen molar-refractivity contribution in [3.8, 4) is 11.1 Å². The Morgan fingerprint density at radius 2 is 1.35 bits per heavy atom. The van der Waals surface area contributed by atoms with E-state index >= 15 is 0 Å². The zero-order valence-corrected chi connectivity index (χ0v) is 12.5. The Hall–Kier alpha value is -3.13. The molecule has 2 heteroatoms. The minimum Gasteiger partial charge on any atom is -0.366 e. The first-order chi connectivity index (χ1) is 11.2. The van der Waals surface area contributed by atoms with Gasteiger partial charge in [-0.3, -0.25) is 4.79 Å². The predicted octanol–water partition coefficient (Wildman–Crippen LogP) is 4.76. The van der Waals surface area contributed by atoms with Crippen molar-refractivity contribution in [2.24, 2.45) is 5.73 Å². The van der Waals surface area contributed by atoms with Crippen LogP contribution in [0, 0.1) is 0 Å². The molecule has 0 radical (unpaired) electrons. The van der Waals surface area contributed by atoms with Crippen LogP contribution in [0.25, 0.3) is 32.7 Å². The van der Waals surface area contributed by atoms with E-state index in [9.17, 15) is 4.79 Å². The summed E-state index contributed by atoms with van der Waals surface area (Å²) >= 11 is 0. The van der Waals surface area contributed by atoms with Gasteiger partial charge in [-0.15, -0.1) is 0 Å². The Kier molecular flexibility index (Phi) is 3.09. The summed E-state index contributed by atoms with van der Waals surface area (Å²) in [7, 11) is 0. The molecular weight excluding hydrogens is 282 g/mol. The Bertz CT molecular complexity index is 1040. The smallest absolute Gasteiger partial charge is 0.249 e. The summed E-state index contributed by atoms with van der Waals surface area (Å²) in [6, 6.07) is 26.2. The van der Waals surface area contributed by atoms with Gasteiger partial charge in [-0.05, 0) is 44.8 Å². The summed E-state index contributed by atoms with van der Waals surface area (Å²) in [6.07, 6.45) is 0. The number of nitrogens with two attached hydrogens (primary N) is 1. The summed E-state index contributed by atoms with van der Waals surface area (Å²) in [5, 5.41) is 4.19. The van der Waals surface area contributed by atoms with Gasteiger partial charge in [0.25, 0.3) is 0 Å².